The van der Waals surface area contributed by atoms with Gasteiger partial charge in [0.2, 0.25) is 0 Å². The third kappa shape index (κ3) is 3.31. The van der Waals surface area contributed by atoms with E-state index in [1.807, 2.05) is 6.07 Å². The number of hydrogen-bond acceptors (Lipinski definition) is 5. The van der Waals surface area contributed by atoms with Crippen molar-refractivity contribution in [2.75, 3.05) is 20.3 Å². The quantitative estimate of drug-likeness (QED) is 0.590. The Hall–Kier alpha value is -2.13. The molecule has 1 aliphatic rings. The molecule has 0 aliphatic heterocycles. The Balaban J connectivity index is 2.21. The Morgan fingerprint density at radius 1 is 1.52 bits per heavy atom. The first-order chi connectivity index (χ1) is 10.1. The summed E-state index contributed by atoms with van der Waals surface area (Å²) in [4.78, 5) is 11.8. The first-order valence-electron chi connectivity index (χ1n) is 6.93. The highest BCUT2D eigenvalue weighted by Crippen LogP contribution is 2.35. The molecule has 0 atom stereocenters. The topological polar surface area (TPSA) is 77.1 Å². The van der Waals surface area contributed by atoms with Crippen LogP contribution >= 0.6 is 0 Å². The molecule has 21 heavy (non-hydrogen) atoms. The lowest BCUT2D eigenvalue weighted by Crippen LogP contribution is -2.29. The second-order valence-corrected chi connectivity index (χ2v) is 5.23. The van der Waals surface area contributed by atoms with E-state index < -0.39 is 5.97 Å². The molecule has 0 spiro atoms. The fourth-order valence-electron chi connectivity index (χ4n) is 2.64. The van der Waals surface area contributed by atoms with E-state index >= 15 is 0 Å². The maximum absolute atomic E-state index is 11.8. The normalized spacial score (nSPS) is 15.9. The summed E-state index contributed by atoms with van der Waals surface area (Å²) < 4.78 is 11.9. The molecule has 0 N–H and O–H groups in total. The van der Waals surface area contributed by atoms with Crippen molar-refractivity contribution in [2.24, 2.45) is 5.41 Å². The van der Waals surface area contributed by atoms with Crippen LogP contribution in [0.5, 0.6) is 0 Å². The molecule has 0 fully saturated rings. The summed E-state index contributed by atoms with van der Waals surface area (Å²) in [6.07, 6.45) is 7.64. The molecule has 0 saturated heterocycles. The van der Waals surface area contributed by atoms with Gasteiger partial charge in [0, 0.05) is 25.3 Å². The number of allylic oxidation sites excluding steroid dienone is 2. The molecule has 1 aromatic rings. The predicted molar refractivity (Wildman–Crippen MR) is 75.6 cm³/mol. The Morgan fingerprint density at radius 2 is 2.24 bits per heavy atom. The lowest BCUT2D eigenvalue weighted by Gasteiger charge is -2.27. The van der Waals surface area contributed by atoms with Crippen LogP contribution in [-0.2, 0) is 16.0 Å². The van der Waals surface area contributed by atoms with Gasteiger partial charge in [-0.3, -0.25) is 4.68 Å². The molecule has 0 unspecified atom stereocenters. The number of carbonyl (C=O) groups excluding carboxylic acids is 1. The molecule has 0 radical (unpaired) electrons. The molecule has 0 amide bonds. The van der Waals surface area contributed by atoms with Crippen molar-refractivity contribution in [3.63, 3.8) is 0 Å². The van der Waals surface area contributed by atoms with Gasteiger partial charge in [0.25, 0.3) is 0 Å². The molecule has 0 bridgehead atoms. The van der Waals surface area contributed by atoms with Gasteiger partial charge in [-0.2, -0.15) is 10.4 Å². The highest BCUT2D eigenvalue weighted by molar-refractivity contribution is 5.91. The lowest BCUT2D eigenvalue weighted by molar-refractivity contribution is 0.0525. The van der Waals surface area contributed by atoms with Crippen molar-refractivity contribution >= 4 is 5.97 Å². The van der Waals surface area contributed by atoms with Crippen molar-refractivity contribution in [2.45, 2.75) is 26.3 Å². The van der Waals surface area contributed by atoms with E-state index in [1.165, 1.54) is 0 Å². The van der Waals surface area contributed by atoms with Crippen LogP contribution in [0.1, 0.15) is 35.8 Å². The number of rotatable bonds is 6. The van der Waals surface area contributed by atoms with Crippen LogP contribution in [0.4, 0.5) is 0 Å². The van der Waals surface area contributed by atoms with E-state index in [4.69, 9.17) is 14.7 Å². The zero-order chi connectivity index (χ0) is 15.3. The van der Waals surface area contributed by atoms with Crippen LogP contribution < -0.4 is 0 Å². The highest BCUT2D eigenvalue weighted by atomic mass is 16.5. The van der Waals surface area contributed by atoms with Crippen LogP contribution in [0.2, 0.25) is 0 Å². The number of aromatic nitrogens is 2. The summed E-state index contributed by atoms with van der Waals surface area (Å²) in [5, 5.41) is 13.3. The van der Waals surface area contributed by atoms with Gasteiger partial charge in [0.1, 0.15) is 11.6 Å². The zero-order valence-corrected chi connectivity index (χ0v) is 12.3. The van der Waals surface area contributed by atoms with Gasteiger partial charge in [0.15, 0.2) is 5.69 Å². The Bertz CT molecular complexity index is 575. The second-order valence-electron chi connectivity index (χ2n) is 5.23. The molecule has 112 valence electrons. The van der Waals surface area contributed by atoms with Gasteiger partial charge in [-0.25, -0.2) is 4.79 Å². The predicted octanol–water partition coefficient (Wildman–Crippen LogP) is 1.91. The van der Waals surface area contributed by atoms with Gasteiger partial charge in [-0.05, 0) is 19.8 Å². The second kappa shape index (κ2) is 6.55. The van der Waals surface area contributed by atoms with E-state index in [1.54, 1.807) is 24.9 Å². The lowest BCUT2D eigenvalue weighted by atomic mass is 9.86. The summed E-state index contributed by atoms with van der Waals surface area (Å²) in [5.74, 6) is -0.509. The van der Waals surface area contributed by atoms with Gasteiger partial charge >= 0.3 is 5.97 Å². The van der Waals surface area contributed by atoms with Crippen LogP contribution in [0.3, 0.4) is 0 Å². The van der Waals surface area contributed by atoms with Crippen LogP contribution in [0.15, 0.2) is 18.3 Å². The van der Waals surface area contributed by atoms with E-state index in [2.05, 4.69) is 17.3 Å². The van der Waals surface area contributed by atoms with Crippen molar-refractivity contribution in [3.05, 3.63) is 29.6 Å². The first kappa shape index (κ1) is 15.3. The van der Waals surface area contributed by atoms with Crippen LogP contribution in [-0.4, -0.2) is 36.1 Å². The van der Waals surface area contributed by atoms with Crippen LogP contribution in [0, 0.1) is 16.7 Å². The molecule has 1 aliphatic carbocycles. The Labute approximate surface area is 124 Å². The number of nitriles is 1. The molecular formula is C15H19N3O3. The van der Waals surface area contributed by atoms with E-state index in [-0.39, 0.29) is 23.3 Å². The molecule has 1 aromatic heterocycles. The third-order valence-corrected chi connectivity index (χ3v) is 3.58. The molecule has 0 aromatic carbocycles. The smallest absolute Gasteiger partial charge is 0.342 e. The fourth-order valence-corrected chi connectivity index (χ4v) is 2.64. The summed E-state index contributed by atoms with van der Waals surface area (Å²) in [6.45, 7) is 3.21. The summed E-state index contributed by atoms with van der Waals surface area (Å²) in [7, 11) is 1.67. The average Bonchev–Trinajstić information content (AvgIpc) is 3.07. The molecule has 1 heterocycles. The monoisotopic (exact) mass is 289 g/mol. The van der Waals surface area contributed by atoms with E-state index in [0.717, 1.165) is 12.8 Å². The Morgan fingerprint density at radius 3 is 2.81 bits per heavy atom. The van der Waals surface area contributed by atoms with Gasteiger partial charge in [-0.15, -0.1) is 0 Å². The number of esters is 1. The fraction of sp³-hybridized carbons (Fsp3) is 0.533. The number of carbonyl (C=O) groups is 1. The molecular weight excluding hydrogens is 270 g/mol. The van der Waals surface area contributed by atoms with E-state index in [9.17, 15) is 4.79 Å². The SMILES string of the molecule is CCOC(=O)c1cn(CC2(COC)CC=CC2)nc1C#N. The number of methoxy groups -OCH3 is 1. The molecule has 6 heteroatoms. The highest BCUT2D eigenvalue weighted by Gasteiger charge is 2.32. The van der Waals surface area contributed by atoms with Gasteiger partial charge < -0.3 is 9.47 Å². The minimum absolute atomic E-state index is 0.0561. The van der Waals surface area contributed by atoms with Crippen molar-refractivity contribution in [1.82, 2.24) is 9.78 Å². The van der Waals surface area contributed by atoms with E-state index in [0.29, 0.717) is 13.2 Å². The minimum atomic E-state index is -0.509. The van der Waals surface area contributed by atoms with Crippen LogP contribution in [0.25, 0.3) is 0 Å². The molecule has 6 nitrogen and oxygen atoms in total. The van der Waals surface area contributed by atoms with Crippen molar-refractivity contribution < 1.29 is 14.3 Å². The standard InChI is InChI=1S/C15H19N3O3/c1-3-21-14(19)12-9-18(17-13(12)8-16)10-15(11-20-2)6-4-5-7-15/h4-5,9H,3,6-7,10-11H2,1-2H3. The van der Waals surface area contributed by atoms with Crippen molar-refractivity contribution in [1.29, 1.82) is 5.26 Å². The maximum Gasteiger partial charge on any atom is 0.342 e. The molecule has 2 rings (SSSR count). The minimum Gasteiger partial charge on any atom is -0.462 e. The molecule has 0 saturated carbocycles. The Kier molecular flexibility index (Phi) is 4.76. The first-order valence-corrected chi connectivity index (χ1v) is 6.93. The number of ether oxygens (including phenoxy) is 2. The maximum atomic E-state index is 11.8. The largest absolute Gasteiger partial charge is 0.462 e. The van der Waals surface area contributed by atoms with Crippen molar-refractivity contribution in [3.8, 4) is 6.07 Å². The summed E-state index contributed by atoms with van der Waals surface area (Å²) in [6, 6.07) is 1.95. The summed E-state index contributed by atoms with van der Waals surface area (Å²) >= 11 is 0. The third-order valence-electron chi connectivity index (χ3n) is 3.58. The van der Waals surface area contributed by atoms with Gasteiger partial charge in [0.05, 0.1) is 13.2 Å². The summed E-state index contributed by atoms with van der Waals surface area (Å²) in [5.41, 5.74) is 0.268. The number of nitrogens with zero attached hydrogens (tertiary/aromatic N) is 3. The van der Waals surface area contributed by atoms with Gasteiger partial charge in [-0.1, -0.05) is 12.2 Å². The number of hydrogen-bond donors (Lipinski definition) is 0. The zero-order valence-electron chi connectivity index (χ0n) is 12.3. The average molecular weight is 289 g/mol.